The van der Waals surface area contributed by atoms with Gasteiger partial charge in [0, 0.05) is 18.9 Å². The number of aliphatic hydroxyl groups excluding tert-OH is 1. The Bertz CT molecular complexity index is 517. The van der Waals surface area contributed by atoms with Gasteiger partial charge < -0.3 is 10.0 Å². The summed E-state index contributed by atoms with van der Waals surface area (Å²) in [6.45, 7) is 3.89. The lowest BCUT2D eigenvalue weighted by atomic mass is 10.1. The summed E-state index contributed by atoms with van der Waals surface area (Å²) in [6.07, 6.45) is 2.29. The molecule has 0 spiro atoms. The molecular weight excluding hydrogens is 236 g/mol. The van der Waals surface area contributed by atoms with Crippen LogP contribution in [0.2, 0.25) is 0 Å². The molecule has 1 heterocycles. The molecule has 0 saturated carbocycles. The van der Waals surface area contributed by atoms with Crippen molar-refractivity contribution in [3.05, 3.63) is 53.7 Å². The van der Waals surface area contributed by atoms with Gasteiger partial charge in [-0.3, -0.25) is 0 Å². The first-order valence-electron chi connectivity index (χ1n) is 6.58. The van der Waals surface area contributed by atoms with Crippen LogP contribution in [0, 0.1) is 0 Å². The van der Waals surface area contributed by atoms with E-state index in [2.05, 4.69) is 36.2 Å². The van der Waals surface area contributed by atoms with Gasteiger partial charge in [-0.2, -0.15) is 0 Å². The lowest BCUT2D eigenvalue weighted by Crippen LogP contribution is -2.11. The van der Waals surface area contributed by atoms with Crippen molar-refractivity contribution in [2.24, 2.45) is 0 Å². The predicted molar refractivity (Wildman–Crippen MR) is 78.8 cm³/mol. The number of benzene rings is 1. The topological polar surface area (TPSA) is 36.4 Å². The normalized spacial score (nSPS) is 12.2. The average Bonchev–Trinajstić information content (AvgIpc) is 2.46. The van der Waals surface area contributed by atoms with E-state index in [1.807, 2.05) is 24.1 Å². The smallest absolute Gasteiger partial charge is 0.132 e. The molecule has 1 aromatic heterocycles. The highest BCUT2D eigenvalue weighted by Crippen LogP contribution is 2.23. The monoisotopic (exact) mass is 256 g/mol. The zero-order valence-corrected chi connectivity index (χ0v) is 11.7. The van der Waals surface area contributed by atoms with E-state index in [1.165, 1.54) is 5.56 Å². The van der Waals surface area contributed by atoms with Crippen LogP contribution in [0.3, 0.4) is 0 Å². The molecule has 0 unspecified atom stereocenters. The van der Waals surface area contributed by atoms with Crippen LogP contribution in [0.5, 0.6) is 0 Å². The van der Waals surface area contributed by atoms with Crippen molar-refractivity contribution < 1.29 is 5.11 Å². The minimum absolute atomic E-state index is 0.476. The number of aromatic nitrogens is 1. The van der Waals surface area contributed by atoms with Crippen molar-refractivity contribution >= 4 is 11.5 Å². The highest BCUT2D eigenvalue weighted by atomic mass is 16.3. The Hall–Kier alpha value is -1.87. The molecule has 0 bridgehead atoms. The fraction of sp³-hybridized carbons (Fsp3) is 0.312. The zero-order chi connectivity index (χ0) is 13.8. The van der Waals surface area contributed by atoms with Crippen LogP contribution in [0.4, 0.5) is 11.5 Å². The maximum atomic E-state index is 9.47. The Morgan fingerprint density at radius 1 is 1.16 bits per heavy atom. The lowest BCUT2D eigenvalue weighted by molar-refractivity contribution is 0.199. The van der Waals surface area contributed by atoms with Crippen molar-refractivity contribution in [2.75, 3.05) is 11.9 Å². The van der Waals surface area contributed by atoms with E-state index < -0.39 is 6.10 Å². The van der Waals surface area contributed by atoms with Gasteiger partial charge in [0.2, 0.25) is 0 Å². The van der Waals surface area contributed by atoms with E-state index in [0.717, 1.165) is 23.5 Å². The summed E-state index contributed by atoms with van der Waals surface area (Å²) in [5.41, 5.74) is 3.27. The van der Waals surface area contributed by atoms with Crippen LogP contribution in [0.1, 0.15) is 31.1 Å². The quantitative estimate of drug-likeness (QED) is 0.910. The minimum Gasteiger partial charge on any atom is -0.389 e. The Morgan fingerprint density at radius 2 is 1.84 bits per heavy atom. The molecule has 19 heavy (non-hydrogen) atoms. The average molecular weight is 256 g/mol. The molecule has 0 aliphatic heterocycles. The fourth-order valence-corrected chi connectivity index (χ4v) is 1.93. The van der Waals surface area contributed by atoms with Gasteiger partial charge >= 0.3 is 0 Å². The molecule has 1 N–H and O–H groups in total. The van der Waals surface area contributed by atoms with Gasteiger partial charge in [0.1, 0.15) is 5.82 Å². The second-order valence-corrected chi connectivity index (χ2v) is 4.70. The number of hydrogen-bond acceptors (Lipinski definition) is 3. The van der Waals surface area contributed by atoms with Crippen LogP contribution in [-0.4, -0.2) is 17.1 Å². The third-order valence-electron chi connectivity index (χ3n) is 3.33. The molecule has 3 nitrogen and oxygen atoms in total. The molecule has 0 saturated heterocycles. The standard InChI is InChI=1S/C16H20N2O/c1-4-13-5-8-15(9-6-13)18(3)16-10-7-14(11-17-16)12(2)19/h5-12,19H,4H2,1-3H3/t12-/m1/s1. The molecule has 2 aromatic rings. The highest BCUT2D eigenvalue weighted by molar-refractivity contribution is 5.59. The number of aryl methyl sites for hydroxylation is 1. The van der Waals surface area contributed by atoms with E-state index in [1.54, 1.807) is 13.1 Å². The molecule has 1 aromatic carbocycles. The van der Waals surface area contributed by atoms with E-state index in [-0.39, 0.29) is 0 Å². The molecule has 100 valence electrons. The van der Waals surface area contributed by atoms with Gasteiger partial charge in [0.25, 0.3) is 0 Å². The van der Waals surface area contributed by atoms with Gasteiger partial charge in [-0.05, 0) is 42.7 Å². The maximum absolute atomic E-state index is 9.47. The van der Waals surface area contributed by atoms with E-state index in [9.17, 15) is 5.11 Å². The predicted octanol–water partition coefficient (Wildman–Crippen LogP) is 3.47. The first kappa shape index (κ1) is 13.6. The van der Waals surface area contributed by atoms with Crippen molar-refractivity contribution in [2.45, 2.75) is 26.4 Å². The van der Waals surface area contributed by atoms with E-state index in [4.69, 9.17) is 0 Å². The fourth-order valence-electron chi connectivity index (χ4n) is 1.93. The molecule has 0 fully saturated rings. The van der Waals surface area contributed by atoms with Crippen LogP contribution < -0.4 is 4.90 Å². The molecule has 0 amide bonds. The third-order valence-corrected chi connectivity index (χ3v) is 3.33. The Morgan fingerprint density at radius 3 is 2.32 bits per heavy atom. The van der Waals surface area contributed by atoms with Crippen LogP contribution in [0.15, 0.2) is 42.6 Å². The number of hydrogen-bond donors (Lipinski definition) is 1. The summed E-state index contributed by atoms with van der Waals surface area (Å²) < 4.78 is 0. The number of anilines is 2. The Balaban J connectivity index is 2.20. The minimum atomic E-state index is -0.476. The van der Waals surface area contributed by atoms with Crippen LogP contribution in [0.25, 0.3) is 0 Å². The zero-order valence-electron chi connectivity index (χ0n) is 11.7. The molecular formula is C16H20N2O. The van der Waals surface area contributed by atoms with Crippen LogP contribution in [-0.2, 0) is 6.42 Å². The van der Waals surface area contributed by atoms with Gasteiger partial charge in [-0.25, -0.2) is 4.98 Å². The number of nitrogens with zero attached hydrogens (tertiary/aromatic N) is 2. The molecule has 3 heteroatoms. The molecule has 1 atom stereocenters. The number of aliphatic hydroxyl groups is 1. The first-order valence-corrected chi connectivity index (χ1v) is 6.58. The summed E-state index contributed by atoms with van der Waals surface area (Å²) in [7, 11) is 1.99. The summed E-state index contributed by atoms with van der Waals surface area (Å²) >= 11 is 0. The first-order chi connectivity index (χ1) is 9.11. The van der Waals surface area contributed by atoms with Gasteiger partial charge in [-0.1, -0.05) is 25.1 Å². The molecule has 0 aliphatic carbocycles. The summed E-state index contributed by atoms with van der Waals surface area (Å²) in [4.78, 5) is 6.42. The van der Waals surface area contributed by atoms with Gasteiger partial charge in [-0.15, -0.1) is 0 Å². The largest absolute Gasteiger partial charge is 0.389 e. The number of pyridine rings is 1. The third kappa shape index (κ3) is 3.12. The number of rotatable bonds is 4. The highest BCUT2D eigenvalue weighted by Gasteiger charge is 2.06. The van der Waals surface area contributed by atoms with Gasteiger partial charge in [0.15, 0.2) is 0 Å². The Labute approximate surface area is 114 Å². The van der Waals surface area contributed by atoms with Crippen molar-refractivity contribution in [1.29, 1.82) is 0 Å². The molecule has 0 radical (unpaired) electrons. The summed E-state index contributed by atoms with van der Waals surface area (Å²) in [5.74, 6) is 0.869. The van der Waals surface area contributed by atoms with Crippen molar-refractivity contribution in [1.82, 2.24) is 4.98 Å². The maximum Gasteiger partial charge on any atom is 0.132 e. The molecule has 2 rings (SSSR count). The van der Waals surface area contributed by atoms with E-state index >= 15 is 0 Å². The van der Waals surface area contributed by atoms with Crippen molar-refractivity contribution in [3.8, 4) is 0 Å². The van der Waals surface area contributed by atoms with E-state index in [0.29, 0.717) is 0 Å². The summed E-state index contributed by atoms with van der Waals surface area (Å²) in [5, 5.41) is 9.47. The van der Waals surface area contributed by atoms with Gasteiger partial charge in [0.05, 0.1) is 6.10 Å². The summed E-state index contributed by atoms with van der Waals surface area (Å²) in [6, 6.07) is 12.3. The Kier molecular flexibility index (Phi) is 4.17. The second kappa shape index (κ2) is 5.85. The lowest BCUT2D eigenvalue weighted by Gasteiger charge is -2.19. The molecule has 0 aliphatic rings. The SMILES string of the molecule is CCc1ccc(N(C)c2ccc([C@@H](C)O)cn2)cc1. The van der Waals surface area contributed by atoms with Crippen molar-refractivity contribution in [3.63, 3.8) is 0 Å². The van der Waals surface area contributed by atoms with Crippen LogP contribution >= 0.6 is 0 Å². The second-order valence-electron chi connectivity index (χ2n) is 4.70.